The van der Waals surface area contributed by atoms with Crippen molar-refractivity contribution in [1.82, 2.24) is 25.3 Å². The van der Waals surface area contributed by atoms with Crippen LogP contribution in [-0.4, -0.2) is 57.0 Å². The van der Waals surface area contributed by atoms with Gasteiger partial charge in [-0.15, -0.1) is 0 Å². The third-order valence-electron chi connectivity index (χ3n) is 6.05. The molecule has 0 radical (unpaired) electrons. The fourth-order valence-corrected chi connectivity index (χ4v) is 4.37. The first-order valence-electron chi connectivity index (χ1n) is 11.6. The van der Waals surface area contributed by atoms with Crippen LogP contribution in [0.4, 0.5) is 0 Å². The van der Waals surface area contributed by atoms with E-state index in [-0.39, 0.29) is 23.8 Å². The smallest absolute Gasteiger partial charge is 0.244 e. The Hall–Kier alpha value is -3.52. The van der Waals surface area contributed by atoms with Gasteiger partial charge >= 0.3 is 0 Å². The normalized spacial score (nSPS) is 18.8. The van der Waals surface area contributed by atoms with Crippen LogP contribution in [0.3, 0.4) is 0 Å². The quantitative estimate of drug-likeness (QED) is 0.581. The maximum Gasteiger partial charge on any atom is 0.244 e. The molecule has 0 bridgehead atoms. The minimum absolute atomic E-state index is 0.00500. The summed E-state index contributed by atoms with van der Waals surface area (Å²) in [4.78, 5) is 30.3. The van der Waals surface area contributed by atoms with Crippen molar-refractivity contribution in [2.75, 3.05) is 13.1 Å². The number of hydrogen-bond donors (Lipinski definition) is 1. The molecule has 0 spiro atoms. The first-order valence-corrected chi connectivity index (χ1v) is 11.6. The highest BCUT2D eigenvalue weighted by Gasteiger charge is 2.40. The van der Waals surface area contributed by atoms with Crippen LogP contribution >= 0.6 is 0 Å². The zero-order valence-electron chi connectivity index (χ0n) is 19.8. The minimum atomic E-state index is -0.572. The Kier molecular flexibility index (Phi) is 7.37. The summed E-state index contributed by atoms with van der Waals surface area (Å²) in [6.07, 6.45) is 3.29. The van der Waals surface area contributed by atoms with Crippen LogP contribution in [0.1, 0.15) is 32.0 Å². The topological polar surface area (TPSA) is 91.6 Å². The van der Waals surface area contributed by atoms with Gasteiger partial charge in [0.25, 0.3) is 0 Å². The first-order chi connectivity index (χ1) is 16.4. The maximum absolute atomic E-state index is 13.3. The Balaban J connectivity index is 1.45. The second-order valence-electron chi connectivity index (χ2n) is 9.07. The van der Waals surface area contributed by atoms with E-state index in [0.717, 1.165) is 22.6 Å². The Morgan fingerprint density at radius 2 is 1.91 bits per heavy atom. The second-order valence-corrected chi connectivity index (χ2v) is 9.07. The van der Waals surface area contributed by atoms with E-state index in [0.29, 0.717) is 26.2 Å². The van der Waals surface area contributed by atoms with Gasteiger partial charge in [0.2, 0.25) is 11.8 Å². The molecule has 8 heteroatoms. The summed E-state index contributed by atoms with van der Waals surface area (Å²) in [5.74, 6) is 0.464. The number of nitrogens with one attached hydrogen (secondary N) is 1. The van der Waals surface area contributed by atoms with Gasteiger partial charge in [-0.05, 0) is 36.8 Å². The van der Waals surface area contributed by atoms with E-state index in [1.807, 2.05) is 69.3 Å². The van der Waals surface area contributed by atoms with Gasteiger partial charge in [0.05, 0.1) is 12.0 Å². The molecule has 1 aliphatic heterocycles. The predicted molar refractivity (Wildman–Crippen MR) is 128 cm³/mol. The van der Waals surface area contributed by atoms with Gasteiger partial charge in [0.15, 0.2) is 0 Å². The van der Waals surface area contributed by atoms with E-state index in [2.05, 4.69) is 20.4 Å². The van der Waals surface area contributed by atoms with Crippen LogP contribution in [0.25, 0.3) is 11.3 Å². The molecule has 8 nitrogen and oxygen atoms in total. The molecule has 1 saturated heterocycles. The minimum Gasteiger partial charge on any atom is -0.464 e. The number of nitrogens with zero attached hydrogens (tertiary/aromatic N) is 4. The molecular formula is C26H31N5O3. The Labute approximate surface area is 200 Å². The van der Waals surface area contributed by atoms with Crippen LogP contribution in [0.5, 0.6) is 0 Å². The molecule has 4 rings (SSSR count). The molecule has 2 unspecified atom stereocenters. The summed E-state index contributed by atoms with van der Waals surface area (Å²) in [5.41, 5.74) is 2.80. The van der Waals surface area contributed by atoms with Crippen molar-refractivity contribution < 1.29 is 14.0 Å². The van der Waals surface area contributed by atoms with Crippen molar-refractivity contribution in [3.8, 4) is 11.3 Å². The lowest BCUT2D eigenvalue weighted by atomic mass is 10.0. The molecule has 1 fully saturated rings. The molecule has 3 heterocycles. The van der Waals surface area contributed by atoms with Crippen molar-refractivity contribution in [2.45, 2.75) is 45.9 Å². The number of furan rings is 1. The highest BCUT2D eigenvalue weighted by molar-refractivity contribution is 5.89. The van der Waals surface area contributed by atoms with E-state index in [9.17, 15) is 9.59 Å². The van der Waals surface area contributed by atoms with E-state index < -0.39 is 6.04 Å². The maximum atomic E-state index is 13.3. The average Bonchev–Trinajstić information content (AvgIpc) is 3.38. The molecule has 0 aliphatic carbocycles. The van der Waals surface area contributed by atoms with E-state index in [1.165, 1.54) is 0 Å². The van der Waals surface area contributed by atoms with E-state index in [1.54, 1.807) is 17.4 Å². The molecule has 2 amide bonds. The molecule has 2 aromatic heterocycles. The van der Waals surface area contributed by atoms with Gasteiger partial charge in [-0.2, -0.15) is 10.2 Å². The lowest BCUT2D eigenvalue weighted by Crippen LogP contribution is -2.64. The van der Waals surface area contributed by atoms with Crippen LogP contribution in [0, 0.1) is 5.92 Å². The third-order valence-corrected chi connectivity index (χ3v) is 6.05. The summed E-state index contributed by atoms with van der Waals surface area (Å²) in [6, 6.07) is 14.8. The molecule has 34 heavy (non-hydrogen) atoms. The molecular weight excluding hydrogens is 430 g/mol. The number of amides is 2. The summed E-state index contributed by atoms with van der Waals surface area (Å²) in [6.45, 7) is 7.83. The number of benzene rings is 1. The first kappa shape index (κ1) is 23.6. The fourth-order valence-electron chi connectivity index (χ4n) is 4.37. The van der Waals surface area contributed by atoms with Crippen molar-refractivity contribution in [3.05, 3.63) is 72.2 Å². The molecule has 0 saturated carbocycles. The Bertz CT molecular complexity index is 1080. The highest BCUT2D eigenvalue weighted by Crippen LogP contribution is 2.22. The Morgan fingerprint density at radius 1 is 1.12 bits per heavy atom. The molecule has 1 N–H and O–H groups in total. The van der Waals surface area contributed by atoms with Gasteiger partial charge in [0, 0.05) is 49.9 Å². The van der Waals surface area contributed by atoms with Crippen molar-refractivity contribution in [2.24, 2.45) is 5.92 Å². The molecule has 1 aliphatic rings. The van der Waals surface area contributed by atoms with Crippen molar-refractivity contribution in [1.29, 1.82) is 0 Å². The third kappa shape index (κ3) is 5.51. The van der Waals surface area contributed by atoms with Crippen molar-refractivity contribution in [3.63, 3.8) is 0 Å². The zero-order chi connectivity index (χ0) is 24.1. The van der Waals surface area contributed by atoms with Gasteiger partial charge in [-0.25, -0.2) is 0 Å². The lowest BCUT2D eigenvalue weighted by molar-refractivity contribution is -0.150. The second kappa shape index (κ2) is 10.6. The van der Waals surface area contributed by atoms with E-state index in [4.69, 9.17) is 4.42 Å². The van der Waals surface area contributed by atoms with Crippen LogP contribution in [-0.2, 0) is 22.7 Å². The summed E-state index contributed by atoms with van der Waals surface area (Å²) >= 11 is 0. The zero-order valence-corrected chi connectivity index (χ0v) is 19.8. The molecule has 178 valence electrons. The number of carbonyl (C=O) groups is 2. The lowest BCUT2D eigenvalue weighted by Gasteiger charge is -2.45. The number of rotatable bonds is 7. The molecule has 1 aromatic carbocycles. The SMILES string of the molecule is CC(C)C(=O)N1C(C)CN(Cc2cccnn2)CC1C(=O)NCc1ccc(-c2ccco2)cc1. The number of carbonyl (C=O) groups excluding carboxylic acids is 2. The number of piperazine rings is 1. The predicted octanol–water partition coefficient (Wildman–Crippen LogP) is 3.11. The van der Waals surface area contributed by atoms with Crippen molar-refractivity contribution >= 4 is 11.8 Å². The van der Waals surface area contributed by atoms with Gasteiger partial charge < -0.3 is 14.6 Å². The Morgan fingerprint density at radius 3 is 2.56 bits per heavy atom. The molecule has 2 atom stereocenters. The van der Waals surface area contributed by atoms with Crippen LogP contribution in [0.15, 0.2) is 65.4 Å². The van der Waals surface area contributed by atoms with Crippen LogP contribution in [0.2, 0.25) is 0 Å². The highest BCUT2D eigenvalue weighted by atomic mass is 16.3. The largest absolute Gasteiger partial charge is 0.464 e. The number of aromatic nitrogens is 2. The monoisotopic (exact) mass is 461 g/mol. The van der Waals surface area contributed by atoms with Gasteiger partial charge in [-0.1, -0.05) is 38.1 Å². The summed E-state index contributed by atoms with van der Waals surface area (Å²) in [5, 5.41) is 11.2. The average molecular weight is 462 g/mol. The summed E-state index contributed by atoms with van der Waals surface area (Å²) < 4.78 is 5.43. The van der Waals surface area contributed by atoms with Gasteiger partial charge in [0.1, 0.15) is 11.8 Å². The summed E-state index contributed by atoms with van der Waals surface area (Å²) in [7, 11) is 0. The molecule has 3 aromatic rings. The number of hydrogen-bond acceptors (Lipinski definition) is 6. The van der Waals surface area contributed by atoms with Crippen LogP contribution < -0.4 is 5.32 Å². The van der Waals surface area contributed by atoms with E-state index >= 15 is 0 Å². The standard InChI is InChI=1S/C26H31N5O3/c1-18(2)26(33)31-19(3)15-30(16-22-6-4-12-28-29-22)17-23(31)25(32)27-14-20-8-10-21(11-9-20)24-7-5-13-34-24/h4-13,18-19,23H,14-17H2,1-3H3,(H,27,32). The van der Waals surface area contributed by atoms with Gasteiger partial charge in [-0.3, -0.25) is 14.5 Å². The fraction of sp³-hybridized carbons (Fsp3) is 0.385.